The predicted octanol–water partition coefficient (Wildman–Crippen LogP) is 0.355. The third-order valence-electron chi connectivity index (χ3n) is 5.64. The summed E-state index contributed by atoms with van der Waals surface area (Å²) < 4.78 is 5.31. The van der Waals surface area contributed by atoms with E-state index >= 15 is 0 Å². The van der Waals surface area contributed by atoms with Gasteiger partial charge in [0.1, 0.15) is 17.3 Å². The van der Waals surface area contributed by atoms with Crippen LogP contribution in [0.25, 0.3) is 0 Å². The van der Waals surface area contributed by atoms with E-state index in [1.54, 1.807) is 0 Å². The van der Waals surface area contributed by atoms with Crippen molar-refractivity contribution in [1.82, 2.24) is 0 Å². The fourth-order valence-corrected chi connectivity index (χ4v) is 4.43. The van der Waals surface area contributed by atoms with Gasteiger partial charge < -0.3 is 20.1 Å². The van der Waals surface area contributed by atoms with E-state index in [1.807, 2.05) is 13.8 Å². The zero-order valence-corrected chi connectivity index (χ0v) is 11.4. The van der Waals surface area contributed by atoms with Crippen molar-refractivity contribution in [1.29, 1.82) is 0 Å². The van der Waals surface area contributed by atoms with Crippen molar-refractivity contribution in [3.63, 3.8) is 0 Å². The molecule has 1 aliphatic heterocycles. The summed E-state index contributed by atoms with van der Waals surface area (Å²) in [5.41, 5.74) is -3.47. The maximum atomic E-state index is 11.5. The summed E-state index contributed by atoms with van der Waals surface area (Å²) in [5.74, 6) is -0.372. The Labute approximate surface area is 112 Å². The molecule has 0 aromatic rings. The van der Waals surface area contributed by atoms with Crippen molar-refractivity contribution < 1.29 is 24.9 Å². The van der Waals surface area contributed by atoms with E-state index in [0.29, 0.717) is 12.8 Å². The Balaban J connectivity index is 2.09. The van der Waals surface area contributed by atoms with Crippen LogP contribution in [0.4, 0.5) is 0 Å². The molecule has 5 atom stereocenters. The third kappa shape index (κ3) is 1.55. The normalized spacial score (nSPS) is 52.3. The molecule has 3 rings (SSSR count). The molecule has 0 aromatic heterocycles. The smallest absolute Gasteiger partial charge is 0.306 e. The highest BCUT2D eigenvalue weighted by Gasteiger charge is 2.70. The first-order chi connectivity index (χ1) is 8.70. The van der Waals surface area contributed by atoms with Gasteiger partial charge >= 0.3 is 5.97 Å². The van der Waals surface area contributed by atoms with Gasteiger partial charge in [-0.15, -0.1) is 0 Å². The lowest BCUT2D eigenvalue weighted by molar-refractivity contribution is -0.226. The summed E-state index contributed by atoms with van der Waals surface area (Å²) in [6.45, 7) is 3.83. The average Bonchev–Trinajstić information content (AvgIpc) is 2.75. The number of carbonyl (C=O) groups is 1. The van der Waals surface area contributed by atoms with Crippen molar-refractivity contribution in [2.24, 2.45) is 11.3 Å². The Morgan fingerprint density at radius 3 is 2.63 bits per heavy atom. The Kier molecular flexibility index (Phi) is 2.61. The monoisotopic (exact) mass is 270 g/mol. The van der Waals surface area contributed by atoms with E-state index in [0.717, 1.165) is 6.42 Å². The second-order valence-electron chi connectivity index (χ2n) is 7.14. The minimum absolute atomic E-state index is 0.0592. The van der Waals surface area contributed by atoms with Crippen molar-refractivity contribution >= 4 is 5.97 Å². The Morgan fingerprint density at radius 1 is 1.26 bits per heavy atom. The molecule has 19 heavy (non-hydrogen) atoms. The van der Waals surface area contributed by atoms with Gasteiger partial charge in [-0.25, -0.2) is 0 Å². The molecule has 1 saturated heterocycles. The molecule has 5 unspecified atom stereocenters. The SMILES string of the molecule is CC1(C)CCC2CC(=O)OC2C2(O)CC(O)CC12O. The molecule has 0 amide bonds. The lowest BCUT2D eigenvalue weighted by Gasteiger charge is -2.48. The predicted molar refractivity (Wildman–Crippen MR) is 66.1 cm³/mol. The van der Waals surface area contributed by atoms with Crippen molar-refractivity contribution in [2.45, 2.75) is 69.4 Å². The van der Waals surface area contributed by atoms with Crippen LogP contribution in [-0.4, -0.2) is 44.7 Å². The van der Waals surface area contributed by atoms with Gasteiger partial charge in [0.15, 0.2) is 0 Å². The molecule has 3 N–H and O–H groups in total. The molecular weight excluding hydrogens is 248 g/mol. The summed E-state index contributed by atoms with van der Waals surface area (Å²) in [6.07, 6.45) is 0.519. The largest absolute Gasteiger partial charge is 0.459 e. The molecule has 0 aromatic carbocycles. The second-order valence-corrected chi connectivity index (χ2v) is 7.14. The van der Waals surface area contributed by atoms with Crippen LogP contribution in [0.15, 0.2) is 0 Å². The summed E-state index contributed by atoms with van der Waals surface area (Å²) in [6, 6.07) is 0. The van der Waals surface area contributed by atoms with Crippen LogP contribution in [0.2, 0.25) is 0 Å². The van der Waals surface area contributed by atoms with Crippen LogP contribution >= 0.6 is 0 Å². The average molecular weight is 270 g/mol. The Bertz CT molecular complexity index is 420. The van der Waals surface area contributed by atoms with Crippen LogP contribution in [0.1, 0.15) is 46.0 Å². The maximum Gasteiger partial charge on any atom is 0.306 e. The molecule has 2 aliphatic carbocycles. The van der Waals surface area contributed by atoms with E-state index in [-0.39, 0.29) is 24.7 Å². The van der Waals surface area contributed by atoms with Crippen LogP contribution < -0.4 is 0 Å². The third-order valence-corrected chi connectivity index (χ3v) is 5.64. The number of hydrogen-bond donors (Lipinski definition) is 3. The van der Waals surface area contributed by atoms with E-state index in [1.165, 1.54) is 0 Å². The van der Waals surface area contributed by atoms with Gasteiger partial charge in [-0.05, 0) is 18.3 Å². The van der Waals surface area contributed by atoms with Gasteiger partial charge in [0, 0.05) is 18.8 Å². The fraction of sp³-hybridized carbons (Fsp3) is 0.929. The number of carbonyl (C=O) groups excluding carboxylic acids is 1. The number of hydrogen-bond acceptors (Lipinski definition) is 5. The minimum atomic E-state index is -1.54. The first-order valence-electron chi connectivity index (χ1n) is 7.02. The van der Waals surface area contributed by atoms with Crippen molar-refractivity contribution in [3.8, 4) is 0 Å². The van der Waals surface area contributed by atoms with Crippen LogP contribution in [-0.2, 0) is 9.53 Å². The van der Waals surface area contributed by atoms with E-state index in [2.05, 4.69) is 0 Å². The Hall–Kier alpha value is -0.650. The minimum Gasteiger partial charge on any atom is -0.459 e. The van der Waals surface area contributed by atoms with Gasteiger partial charge in [0.25, 0.3) is 0 Å². The van der Waals surface area contributed by atoms with Gasteiger partial charge in [-0.2, -0.15) is 0 Å². The number of rotatable bonds is 0. The van der Waals surface area contributed by atoms with Gasteiger partial charge in [0.2, 0.25) is 0 Å². The number of esters is 1. The summed E-state index contributed by atoms with van der Waals surface area (Å²) in [5, 5.41) is 32.1. The molecule has 3 fully saturated rings. The second kappa shape index (κ2) is 3.71. The van der Waals surface area contributed by atoms with E-state index < -0.39 is 28.8 Å². The van der Waals surface area contributed by atoms with E-state index in [4.69, 9.17) is 4.74 Å². The topological polar surface area (TPSA) is 87.0 Å². The first kappa shape index (κ1) is 13.3. The van der Waals surface area contributed by atoms with Gasteiger partial charge in [-0.3, -0.25) is 4.79 Å². The fourth-order valence-electron chi connectivity index (χ4n) is 4.43. The van der Waals surface area contributed by atoms with Crippen LogP contribution in [0, 0.1) is 11.3 Å². The molecule has 0 radical (unpaired) electrons. The first-order valence-corrected chi connectivity index (χ1v) is 7.02. The quantitative estimate of drug-likeness (QED) is 0.553. The molecule has 1 heterocycles. The highest BCUT2D eigenvalue weighted by atomic mass is 16.6. The number of ether oxygens (including phenoxy) is 1. The zero-order valence-electron chi connectivity index (χ0n) is 11.4. The van der Waals surface area contributed by atoms with Crippen LogP contribution in [0.3, 0.4) is 0 Å². The van der Waals surface area contributed by atoms with E-state index in [9.17, 15) is 20.1 Å². The number of aliphatic hydroxyl groups excluding tert-OH is 1. The molecule has 5 nitrogen and oxygen atoms in total. The summed E-state index contributed by atoms with van der Waals surface area (Å²) in [7, 11) is 0. The van der Waals surface area contributed by atoms with Crippen molar-refractivity contribution in [3.05, 3.63) is 0 Å². The molecule has 0 bridgehead atoms. The molecule has 3 aliphatic rings. The molecule has 2 saturated carbocycles. The summed E-state index contributed by atoms with van der Waals surface area (Å²) >= 11 is 0. The highest BCUT2D eigenvalue weighted by molar-refractivity contribution is 5.72. The highest BCUT2D eigenvalue weighted by Crippen LogP contribution is 2.59. The summed E-state index contributed by atoms with van der Waals surface area (Å²) in [4.78, 5) is 11.5. The molecular formula is C14H22O5. The van der Waals surface area contributed by atoms with Gasteiger partial charge in [-0.1, -0.05) is 13.8 Å². The van der Waals surface area contributed by atoms with Gasteiger partial charge in [0.05, 0.1) is 12.5 Å². The number of aliphatic hydroxyl groups is 3. The molecule has 108 valence electrons. The lowest BCUT2D eigenvalue weighted by Crippen LogP contribution is -2.63. The Morgan fingerprint density at radius 2 is 1.95 bits per heavy atom. The zero-order chi connectivity index (χ0) is 14.1. The lowest BCUT2D eigenvalue weighted by atomic mass is 9.65. The number of fused-ring (bicyclic) bond motifs is 3. The van der Waals surface area contributed by atoms with Crippen LogP contribution in [0.5, 0.6) is 0 Å². The maximum absolute atomic E-state index is 11.5. The van der Waals surface area contributed by atoms with Crippen molar-refractivity contribution in [2.75, 3.05) is 0 Å². The standard InChI is InChI=1S/C14H22O5/c1-12(2)4-3-8-5-10(16)19-11(8)13(17)6-9(15)7-14(12,13)18/h8-9,11,15,17-18H,3-7H2,1-2H3. The molecule has 0 spiro atoms. The molecule has 5 heteroatoms.